The molecule has 2 aromatic rings. The highest BCUT2D eigenvalue weighted by molar-refractivity contribution is 5.95. The van der Waals surface area contributed by atoms with Gasteiger partial charge < -0.3 is 21.3 Å². The van der Waals surface area contributed by atoms with Crippen molar-refractivity contribution >= 4 is 29.1 Å². The van der Waals surface area contributed by atoms with E-state index in [9.17, 15) is 14.4 Å². The van der Waals surface area contributed by atoms with Crippen LogP contribution in [0.15, 0.2) is 48.5 Å². The summed E-state index contributed by atoms with van der Waals surface area (Å²) >= 11 is 0. The Kier molecular flexibility index (Phi) is 6.32. The summed E-state index contributed by atoms with van der Waals surface area (Å²) in [5, 5.41) is 5.69. The zero-order valence-electron chi connectivity index (χ0n) is 14.8. The van der Waals surface area contributed by atoms with Gasteiger partial charge in [0.1, 0.15) is 0 Å². The summed E-state index contributed by atoms with van der Waals surface area (Å²) in [7, 11) is 1.56. The molecule has 0 atom stereocenters. The summed E-state index contributed by atoms with van der Waals surface area (Å²) < 4.78 is 0. The Morgan fingerprint density at radius 2 is 1.54 bits per heavy atom. The van der Waals surface area contributed by atoms with Crippen molar-refractivity contribution < 1.29 is 14.4 Å². The minimum Gasteiger partial charge on any atom is -0.376 e. The highest BCUT2D eigenvalue weighted by Gasteiger charge is 2.13. The van der Waals surface area contributed by atoms with Crippen molar-refractivity contribution in [3.63, 3.8) is 0 Å². The van der Waals surface area contributed by atoms with Crippen LogP contribution in [0.5, 0.6) is 0 Å². The molecule has 0 aliphatic rings. The van der Waals surface area contributed by atoms with E-state index in [1.807, 2.05) is 31.2 Å². The summed E-state index contributed by atoms with van der Waals surface area (Å²) in [6.07, 6.45) is 0. The lowest BCUT2D eigenvalue weighted by Crippen LogP contribution is -2.38. The van der Waals surface area contributed by atoms with Crippen molar-refractivity contribution in [1.82, 2.24) is 4.90 Å². The van der Waals surface area contributed by atoms with Gasteiger partial charge in [0.05, 0.1) is 13.1 Å². The van der Waals surface area contributed by atoms with E-state index in [0.717, 1.165) is 5.56 Å². The second-order valence-corrected chi connectivity index (χ2v) is 5.96. The molecular weight excluding hydrogens is 332 g/mol. The summed E-state index contributed by atoms with van der Waals surface area (Å²) in [4.78, 5) is 36.5. The third kappa shape index (κ3) is 5.62. The summed E-state index contributed by atoms with van der Waals surface area (Å²) in [6.45, 7) is 1.95. The Hall–Kier alpha value is -3.35. The Labute approximate surface area is 152 Å². The predicted molar refractivity (Wildman–Crippen MR) is 101 cm³/mol. The molecule has 0 aromatic heterocycles. The van der Waals surface area contributed by atoms with Crippen LogP contribution in [-0.2, 0) is 9.59 Å². The van der Waals surface area contributed by atoms with Crippen molar-refractivity contribution in [2.45, 2.75) is 6.92 Å². The van der Waals surface area contributed by atoms with E-state index in [1.165, 1.54) is 4.90 Å². The minimum absolute atomic E-state index is 0.0320. The number of hydrogen-bond donors (Lipinski definition) is 3. The van der Waals surface area contributed by atoms with Gasteiger partial charge in [-0.25, -0.2) is 0 Å². The van der Waals surface area contributed by atoms with Crippen LogP contribution in [0.2, 0.25) is 0 Å². The monoisotopic (exact) mass is 354 g/mol. The molecule has 136 valence electrons. The van der Waals surface area contributed by atoms with Crippen LogP contribution in [0.3, 0.4) is 0 Å². The maximum Gasteiger partial charge on any atom is 0.248 e. The van der Waals surface area contributed by atoms with Crippen LogP contribution in [0, 0.1) is 6.92 Å². The van der Waals surface area contributed by atoms with Gasteiger partial charge in [-0.05, 0) is 43.3 Å². The second kappa shape index (κ2) is 8.66. The molecule has 0 heterocycles. The molecule has 2 rings (SSSR count). The lowest BCUT2D eigenvalue weighted by atomic mass is 10.2. The molecule has 0 saturated heterocycles. The fourth-order valence-electron chi connectivity index (χ4n) is 2.21. The fraction of sp³-hybridized carbons (Fsp3) is 0.211. The summed E-state index contributed by atoms with van der Waals surface area (Å²) in [6, 6.07) is 13.9. The van der Waals surface area contributed by atoms with Crippen LogP contribution in [0.1, 0.15) is 15.9 Å². The molecule has 4 N–H and O–H groups in total. The molecule has 0 saturated carbocycles. The van der Waals surface area contributed by atoms with Gasteiger partial charge in [-0.15, -0.1) is 0 Å². The fourth-order valence-corrected chi connectivity index (χ4v) is 2.21. The molecule has 2 aromatic carbocycles. The number of anilines is 2. The van der Waals surface area contributed by atoms with Crippen molar-refractivity contribution in [2.24, 2.45) is 5.73 Å². The standard InChI is InChI=1S/C19H22N4O3/c1-13-3-7-16(8-4-13)22-17(24)12-23(2)18(25)11-21-15-9-5-14(6-10-15)19(20)26/h3-10,21H,11-12H2,1-2H3,(H2,20,26)(H,22,24). The van der Waals surface area contributed by atoms with Crippen LogP contribution < -0.4 is 16.4 Å². The quantitative estimate of drug-likeness (QED) is 0.702. The molecule has 0 unspecified atom stereocenters. The van der Waals surface area contributed by atoms with Crippen molar-refractivity contribution in [1.29, 1.82) is 0 Å². The highest BCUT2D eigenvalue weighted by Crippen LogP contribution is 2.10. The van der Waals surface area contributed by atoms with Crippen LogP contribution in [0.25, 0.3) is 0 Å². The molecule has 7 heteroatoms. The second-order valence-electron chi connectivity index (χ2n) is 5.96. The Balaban J connectivity index is 1.80. The van der Waals surface area contributed by atoms with E-state index in [0.29, 0.717) is 16.9 Å². The summed E-state index contributed by atoms with van der Waals surface area (Å²) in [5.74, 6) is -1.01. The Morgan fingerprint density at radius 3 is 2.12 bits per heavy atom. The first kappa shape index (κ1) is 19.0. The first-order valence-electron chi connectivity index (χ1n) is 8.09. The molecule has 0 fully saturated rings. The molecule has 3 amide bonds. The Bertz CT molecular complexity index is 785. The lowest BCUT2D eigenvalue weighted by Gasteiger charge is -2.17. The van der Waals surface area contributed by atoms with Gasteiger partial charge in [-0.2, -0.15) is 0 Å². The number of nitrogens with two attached hydrogens (primary N) is 1. The van der Waals surface area contributed by atoms with Crippen molar-refractivity contribution in [3.05, 3.63) is 59.7 Å². The molecule has 0 aliphatic carbocycles. The molecule has 0 spiro atoms. The minimum atomic E-state index is -0.507. The van der Waals surface area contributed by atoms with Crippen molar-refractivity contribution in [3.8, 4) is 0 Å². The first-order chi connectivity index (χ1) is 12.3. The van der Waals surface area contributed by atoms with Crippen LogP contribution >= 0.6 is 0 Å². The largest absolute Gasteiger partial charge is 0.376 e. The summed E-state index contributed by atoms with van der Waals surface area (Å²) in [5.41, 5.74) is 8.04. The Morgan fingerprint density at radius 1 is 0.962 bits per heavy atom. The van der Waals surface area contributed by atoms with Crippen molar-refractivity contribution in [2.75, 3.05) is 30.8 Å². The molecular formula is C19H22N4O3. The normalized spacial score (nSPS) is 10.1. The van der Waals surface area contributed by atoms with Gasteiger partial charge in [0.25, 0.3) is 0 Å². The maximum absolute atomic E-state index is 12.1. The number of benzene rings is 2. The maximum atomic E-state index is 12.1. The molecule has 0 bridgehead atoms. The number of nitrogens with one attached hydrogen (secondary N) is 2. The van der Waals surface area contributed by atoms with Gasteiger partial charge in [0.15, 0.2) is 0 Å². The van der Waals surface area contributed by atoms with Gasteiger partial charge in [-0.3, -0.25) is 14.4 Å². The number of carbonyl (C=O) groups excluding carboxylic acids is 3. The van der Waals surface area contributed by atoms with E-state index in [1.54, 1.807) is 31.3 Å². The van der Waals surface area contributed by atoms with Crippen LogP contribution in [0.4, 0.5) is 11.4 Å². The number of carbonyl (C=O) groups is 3. The van der Waals surface area contributed by atoms with Gasteiger partial charge in [-0.1, -0.05) is 17.7 Å². The third-order valence-electron chi connectivity index (χ3n) is 3.76. The third-order valence-corrected chi connectivity index (χ3v) is 3.76. The predicted octanol–water partition coefficient (Wildman–Crippen LogP) is 1.60. The van der Waals surface area contributed by atoms with E-state index in [4.69, 9.17) is 5.73 Å². The van der Waals surface area contributed by atoms with E-state index in [-0.39, 0.29) is 24.9 Å². The number of likely N-dealkylation sites (N-methyl/N-ethyl adjacent to an activating group) is 1. The van der Waals surface area contributed by atoms with Gasteiger partial charge in [0, 0.05) is 24.0 Å². The number of hydrogen-bond acceptors (Lipinski definition) is 4. The number of rotatable bonds is 7. The average molecular weight is 354 g/mol. The van der Waals surface area contributed by atoms with E-state index < -0.39 is 5.91 Å². The zero-order chi connectivity index (χ0) is 19.1. The highest BCUT2D eigenvalue weighted by atomic mass is 16.2. The topological polar surface area (TPSA) is 105 Å². The number of primary amides is 1. The number of nitrogens with zero attached hydrogens (tertiary/aromatic N) is 1. The molecule has 0 aliphatic heterocycles. The number of amides is 3. The van der Waals surface area contributed by atoms with E-state index >= 15 is 0 Å². The van der Waals surface area contributed by atoms with Crippen LogP contribution in [-0.4, -0.2) is 42.8 Å². The molecule has 26 heavy (non-hydrogen) atoms. The first-order valence-corrected chi connectivity index (χ1v) is 8.09. The zero-order valence-corrected chi connectivity index (χ0v) is 14.8. The molecule has 0 radical (unpaired) electrons. The average Bonchev–Trinajstić information content (AvgIpc) is 2.61. The molecule has 7 nitrogen and oxygen atoms in total. The smallest absolute Gasteiger partial charge is 0.248 e. The number of aryl methyl sites for hydroxylation is 1. The SMILES string of the molecule is Cc1ccc(NC(=O)CN(C)C(=O)CNc2ccc(C(N)=O)cc2)cc1. The lowest BCUT2D eigenvalue weighted by molar-refractivity contribution is -0.131. The van der Waals surface area contributed by atoms with Gasteiger partial charge in [0.2, 0.25) is 17.7 Å². The van der Waals surface area contributed by atoms with Gasteiger partial charge >= 0.3 is 0 Å². The van der Waals surface area contributed by atoms with E-state index in [2.05, 4.69) is 10.6 Å².